The van der Waals surface area contributed by atoms with Crippen LogP contribution in [-0.2, 0) is 27.7 Å². The number of aromatic nitrogens is 2. The summed E-state index contributed by atoms with van der Waals surface area (Å²) < 4.78 is 85.7. The van der Waals surface area contributed by atoms with E-state index in [1.807, 2.05) is 21.8 Å². The molecule has 4 aromatic carbocycles. The molecular weight excluding hydrogens is 1010 g/mol. The number of piperidine rings is 1. The number of nitrogens with one attached hydrogen (secondary N) is 3. The zero-order valence-corrected chi connectivity index (χ0v) is 44.3. The topological polar surface area (TPSA) is 194 Å². The molecular formula is C57H64F2N8O9S. The van der Waals surface area contributed by atoms with E-state index in [0.29, 0.717) is 36.1 Å². The van der Waals surface area contributed by atoms with Crippen LogP contribution in [0.2, 0.25) is 0 Å². The number of anilines is 2. The normalized spacial score (nSPS) is 19.7. The molecule has 17 nitrogen and oxygen atoms in total. The number of ether oxygens (including phenoxy) is 4. The van der Waals surface area contributed by atoms with Crippen molar-refractivity contribution in [2.75, 3.05) is 76.4 Å². The molecule has 0 radical (unpaired) electrons. The molecule has 0 unspecified atom stereocenters. The number of H-pyrrole nitrogens is 1. The Morgan fingerprint density at radius 3 is 2.48 bits per heavy atom. The van der Waals surface area contributed by atoms with E-state index in [0.717, 1.165) is 69.7 Å². The molecule has 6 heterocycles. The van der Waals surface area contributed by atoms with Gasteiger partial charge in [0.1, 0.15) is 39.3 Å². The van der Waals surface area contributed by atoms with Crippen molar-refractivity contribution in [3.05, 3.63) is 135 Å². The first-order valence-corrected chi connectivity index (χ1v) is 28.0. The fourth-order valence-corrected chi connectivity index (χ4v) is 13.5. The highest BCUT2D eigenvalue weighted by Gasteiger charge is 2.50. The molecule has 77 heavy (non-hydrogen) atoms. The molecule has 5 aliphatic rings. The van der Waals surface area contributed by atoms with Crippen molar-refractivity contribution in [1.82, 2.24) is 24.5 Å². The Balaban J connectivity index is 0.820. The molecule has 406 valence electrons. The number of carbonyl (C=O) groups is 1. The van der Waals surface area contributed by atoms with Crippen LogP contribution in [0.3, 0.4) is 0 Å². The van der Waals surface area contributed by atoms with Gasteiger partial charge in [-0.1, -0.05) is 50.2 Å². The van der Waals surface area contributed by atoms with E-state index in [1.54, 1.807) is 25.4 Å². The lowest BCUT2D eigenvalue weighted by molar-refractivity contribution is -0.384. The number of hydrogen-bond donors (Lipinski definition) is 3. The van der Waals surface area contributed by atoms with Crippen molar-refractivity contribution in [2.24, 2.45) is 5.41 Å². The van der Waals surface area contributed by atoms with Gasteiger partial charge < -0.3 is 34.1 Å². The van der Waals surface area contributed by atoms with Crippen molar-refractivity contribution in [1.29, 1.82) is 0 Å². The van der Waals surface area contributed by atoms with Crippen LogP contribution in [0.4, 0.5) is 25.8 Å². The molecule has 1 aliphatic carbocycles. The van der Waals surface area contributed by atoms with Crippen LogP contribution < -0.4 is 29.1 Å². The molecule has 6 aromatic rings. The lowest BCUT2D eigenvalue weighted by Crippen LogP contribution is -2.60. The van der Waals surface area contributed by atoms with E-state index in [-0.39, 0.29) is 91.3 Å². The number of amides is 1. The van der Waals surface area contributed by atoms with E-state index in [2.05, 4.69) is 75.3 Å². The van der Waals surface area contributed by atoms with Gasteiger partial charge in [0.05, 0.1) is 36.1 Å². The van der Waals surface area contributed by atoms with Crippen LogP contribution in [0.5, 0.6) is 23.0 Å². The summed E-state index contributed by atoms with van der Waals surface area (Å²) in [5.41, 5.74) is 1.95. The van der Waals surface area contributed by atoms with Crippen LogP contribution in [-0.4, -0.2) is 117 Å². The van der Waals surface area contributed by atoms with Crippen LogP contribution in [0.25, 0.3) is 11.0 Å². The van der Waals surface area contributed by atoms with Crippen molar-refractivity contribution in [2.45, 2.75) is 93.9 Å². The molecule has 4 aliphatic heterocycles. The Kier molecular flexibility index (Phi) is 14.3. The van der Waals surface area contributed by atoms with E-state index in [9.17, 15) is 23.3 Å². The third-order valence-electron chi connectivity index (χ3n) is 16.5. The number of methoxy groups -OCH3 is 1. The van der Waals surface area contributed by atoms with Gasteiger partial charge in [0.25, 0.3) is 21.6 Å². The Hall–Kier alpha value is -6.87. The van der Waals surface area contributed by atoms with Gasteiger partial charge >= 0.3 is 0 Å². The number of aromatic amines is 1. The molecule has 1 atom stereocenters. The number of carbonyl (C=O) groups excluding carboxylic acids is 1. The number of nitro groups is 1. The highest BCUT2D eigenvalue weighted by Crippen LogP contribution is 2.54. The summed E-state index contributed by atoms with van der Waals surface area (Å²) in [6, 6.07) is 24.5. The standard InChI is InChI=1S/C57H64F2N8O9S/c1-36(2)42-6-4-5-7-43(42)49-34-64(33-37-8-10-40(73-3)11-9-37)21-22-66(49)39-30-56(31-39)14-19-65(20-15-56)47-28-50(76-41-26-38-12-18-60-54(38)61-32-41)45(27-46(47)58)55(68)63-77(71,72)51-29-48(67(69)70)52(53-44(51)13-23-75-53)62-35-57(59)16-24-74-25-17-57/h4-12,18,26-29,32,36,39,49,62H,13-17,19-25,30-31,33-35H2,1-3H3,(H,60,61)(H,63,68)/t49-/m0/s1. The monoisotopic (exact) mass is 1070 g/mol. The number of alkyl halides is 1. The highest BCUT2D eigenvalue weighted by molar-refractivity contribution is 7.90. The first-order valence-electron chi connectivity index (χ1n) is 26.5. The maximum atomic E-state index is 16.7. The molecule has 1 amide bonds. The number of hydrogen-bond acceptors (Lipinski definition) is 14. The highest BCUT2D eigenvalue weighted by atomic mass is 32.2. The fraction of sp³-hybridized carbons (Fsp3) is 0.439. The third kappa shape index (κ3) is 10.6. The first-order chi connectivity index (χ1) is 37.1. The molecule has 1 saturated carbocycles. The van der Waals surface area contributed by atoms with Gasteiger partial charge in [0, 0.05) is 120 Å². The predicted molar refractivity (Wildman–Crippen MR) is 287 cm³/mol. The number of fused-ring (bicyclic) bond motifs is 2. The Bertz CT molecular complexity index is 3300. The Labute approximate surface area is 446 Å². The van der Waals surface area contributed by atoms with Gasteiger partial charge in [-0.05, 0) is 84.0 Å². The second-order valence-corrected chi connectivity index (χ2v) is 23.3. The number of nitrogens with zero attached hydrogens (tertiary/aromatic N) is 5. The average molecular weight is 1080 g/mol. The molecule has 1 spiro atoms. The number of pyridine rings is 1. The van der Waals surface area contributed by atoms with Gasteiger partial charge in [-0.25, -0.2) is 26.9 Å². The van der Waals surface area contributed by atoms with Crippen molar-refractivity contribution < 1.29 is 45.9 Å². The zero-order chi connectivity index (χ0) is 53.6. The van der Waals surface area contributed by atoms with Crippen molar-refractivity contribution in [3.63, 3.8) is 0 Å². The predicted octanol–water partition coefficient (Wildman–Crippen LogP) is 9.83. The minimum Gasteiger partial charge on any atom is -0.497 e. The van der Waals surface area contributed by atoms with E-state index < -0.39 is 48.5 Å². The van der Waals surface area contributed by atoms with Crippen LogP contribution in [0.15, 0.2) is 96.2 Å². The largest absolute Gasteiger partial charge is 0.497 e. The zero-order valence-electron chi connectivity index (χ0n) is 43.5. The number of piperazine rings is 1. The second kappa shape index (κ2) is 21.2. The van der Waals surface area contributed by atoms with Crippen molar-refractivity contribution >= 4 is 44.0 Å². The van der Waals surface area contributed by atoms with Gasteiger partial charge in [-0.2, -0.15) is 0 Å². The maximum absolute atomic E-state index is 16.7. The summed E-state index contributed by atoms with van der Waals surface area (Å²) in [5.74, 6) is -0.795. The summed E-state index contributed by atoms with van der Waals surface area (Å²) in [7, 11) is -3.21. The van der Waals surface area contributed by atoms with Crippen molar-refractivity contribution in [3.8, 4) is 23.0 Å². The second-order valence-electron chi connectivity index (χ2n) is 21.6. The van der Waals surface area contributed by atoms with Crippen LogP contribution in [0.1, 0.15) is 96.9 Å². The average Bonchev–Trinajstić information content (AvgIpc) is 4.18. The SMILES string of the molecule is COc1ccc(CN2CCN(C3CC4(CCN(c5cc(Oc6cnc7[nH]ccc7c6)c(C(=O)NS(=O)(=O)c6cc([N+](=O)[O-])c(NCC7(F)CCOCC7)c7c6CCO7)cc5F)CC4)C3)[C@H](c3ccccc3C(C)C)C2)cc1. The number of benzene rings is 4. The lowest BCUT2D eigenvalue weighted by atomic mass is 9.59. The maximum Gasteiger partial charge on any atom is 0.297 e. The van der Waals surface area contributed by atoms with Crippen LogP contribution in [0, 0.1) is 21.3 Å². The number of sulfonamides is 1. The lowest BCUT2D eigenvalue weighted by Gasteiger charge is -2.58. The molecule has 3 N–H and O–H groups in total. The first kappa shape index (κ1) is 52.2. The van der Waals surface area contributed by atoms with Gasteiger partial charge in [0.2, 0.25) is 0 Å². The molecule has 4 fully saturated rings. The number of halogens is 2. The third-order valence-corrected chi connectivity index (χ3v) is 17.9. The number of rotatable bonds is 16. The smallest absolute Gasteiger partial charge is 0.297 e. The molecule has 2 aromatic heterocycles. The summed E-state index contributed by atoms with van der Waals surface area (Å²) in [6.07, 6.45) is 7.05. The summed E-state index contributed by atoms with van der Waals surface area (Å²) >= 11 is 0. The number of nitro benzene ring substituents is 1. The Morgan fingerprint density at radius 1 is 0.974 bits per heavy atom. The van der Waals surface area contributed by atoms with E-state index in [4.69, 9.17) is 18.9 Å². The summed E-state index contributed by atoms with van der Waals surface area (Å²) in [6.45, 7) is 9.34. The Morgan fingerprint density at radius 2 is 1.74 bits per heavy atom. The van der Waals surface area contributed by atoms with E-state index >= 15 is 8.78 Å². The molecule has 3 saturated heterocycles. The van der Waals surface area contributed by atoms with Gasteiger partial charge in [-0.3, -0.25) is 24.7 Å². The molecule has 20 heteroatoms. The summed E-state index contributed by atoms with van der Waals surface area (Å²) in [5, 5.41) is 16.0. The quantitative estimate of drug-likeness (QED) is 0.0612. The fourth-order valence-electron chi connectivity index (χ4n) is 12.3. The van der Waals surface area contributed by atoms with Gasteiger partial charge in [0.15, 0.2) is 11.4 Å². The minimum atomic E-state index is -4.89. The van der Waals surface area contributed by atoms with E-state index in [1.165, 1.54) is 29.0 Å². The molecule has 0 bridgehead atoms. The van der Waals surface area contributed by atoms with Gasteiger partial charge in [-0.15, -0.1) is 0 Å². The van der Waals surface area contributed by atoms with Crippen LogP contribution >= 0.6 is 0 Å². The minimum absolute atomic E-state index is 0.0173. The summed E-state index contributed by atoms with van der Waals surface area (Å²) in [4.78, 5) is 40.1. The molecule has 11 rings (SSSR count).